The molecule has 0 saturated carbocycles. The summed E-state index contributed by atoms with van der Waals surface area (Å²) in [6, 6.07) is 23.8. The molecule has 5 rings (SSSR count). The van der Waals surface area contributed by atoms with Crippen LogP contribution in [0.5, 0.6) is 5.88 Å². The summed E-state index contributed by atoms with van der Waals surface area (Å²) in [4.78, 5) is 24.5. The van der Waals surface area contributed by atoms with Crippen LogP contribution < -0.4 is 10.1 Å². The van der Waals surface area contributed by atoms with Gasteiger partial charge in [-0.3, -0.25) is 9.59 Å². The fourth-order valence-electron chi connectivity index (χ4n) is 3.91. The van der Waals surface area contributed by atoms with Crippen molar-refractivity contribution in [3.8, 4) is 34.0 Å². The van der Waals surface area contributed by atoms with Crippen molar-refractivity contribution in [3.05, 3.63) is 108 Å². The number of carbonyl (C=O) groups is 2. The number of nitrogens with zero attached hydrogens (tertiary/aromatic N) is 2. The molecule has 8 heteroatoms. The summed E-state index contributed by atoms with van der Waals surface area (Å²) in [5.74, 6) is -0.941. The Bertz CT molecular complexity index is 1570. The van der Waals surface area contributed by atoms with Crippen LogP contribution in [0.4, 0.5) is 10.1 Å². The summed E-state index contributed by atoms with van der Waals surface area (Å²) >= 11 is 0. The van der Waals surface area contributed by atoms with Gasteiger partial charge in [-0.1, -0.05) is 42.0 Å². The quantitative estimate of drug-likeness (QED) is 0.275. The second-order valence-electron chi connectivity index (χ2n) is 8.39. The zero-order valence-corrected chi connectivity index (χ0v) is 20.1. The number of aryl methyl sites for hydroxylation is 1. The van der Waals surface area contributed by atoms with E-state index in [1.807, 2.05) is 31.2 Å². The highest BCUT2D eigenvalue weighted by Gasteiger charge is 2.25. The van der Waals surface area contributed by atoms with Crippen molar-refractivity contribution in [2.75, 3.05) is 5.32 Å². The van der Waals surface area contributed by atoms with Gasteiger partial charge in [-0.15, -0.1) is 0 Å². The number of nitrogens with one attached hydrogen (secondary N) is 1. The minimum Gasteiger partial charge on any atom is -0.459 e. The van der Waals surface area contributed by atoms with E-state index in [1.165, 1.54) is 30.0 Å². The first-order chi connectivity index (χ1) is 17.9. The van der Waals surface area contributed by atoms with E-state index in [9.17, 15) is 14.0 Å². The molecule has 0 aliphatic heterocycles. The predicted molar refractivity (Wildman–Crippen MR) is 137 cm³/mol. The van der Waals surface area contributed by atoms with Gasteiger partial charge in [-0.2, -0.15) is 9.78 Å². The molecular formula is C29H22FN3O4. The van der Waals surface area contributed by atoms with Crippen LogP contribution in [0, 0.1) is 12.7 Å². The van der Waals surface area contributed by atoms with E-state index in [4.69, 9.17) is 14.3 Å². The van der Waals surface area contributed by atoms with Crippen molar-refractivity contribution < 1.29 is 23.1 Å². The lowest BCUT2D eigenvalue weighted by molar-refractivity contribution is -0.132. The van der Waals surface area contributed by atoms with Gasteiger partial charge in [0.25, 0.3) is 5.91 Å². The Morgan fingerprint density at radius 3 is 2.35 bits per heavy atom. The van der Waals surface area contributed by atoms with Gasteiger partial charge in [0, 0.05) is 18.2 Å². The molecule has 3 aromatic carbocycles. The highest BCUT2D eigenvalue weighted by molar-refractivity contribution is 6.02. The second-order valence-corrected chi connectivity index (χ2v) is 8.39. The molecule has 0 radical (unpaired) electrons. The number of rotatable bonds is 6. The van der Waals surface area contributed by atoms with Crippen LogP contribution in [0.2, 0.25) is 0 Å². The van der Waals surface area contributed by atoms with Crippen molar-refractivity contribution >= 4 is 17.6 Å². The van der Waals surface area contributed by atoms with Gasteiger partial charge in [0.1, 0.15) is 11.5 Å². The topological polar surface area (TPSA) is 86.4 Å². The van der Waals surface area contributed by atoms with Crippen molar-refractivity contribution in [2.24, 2.45) is 0 Å². The van der Waals surface area contributed by atoms with Crippen molar-refractivity contribution in [2.45, 2.75) is 13.8 Å². The van der Waals surface area contributed by atoms with E-state index in [0.29, 0.717) is 33.8 Å². The third kappa shape index (κ3) is 5.04. The van der Waals surface area contributed by atoms with Gasteiger partial charge >= 0.3 is 5.97 Å². The monoisotopic (exact) mass is 495 g/mol. The fraction of sp³-hybridized carbons (Fsp3) is 0.0690. The zero-order valence-electron chi connectivity index (χ0n) is 20.1. The molecule has 5 aromatic rings. The number of furan rings is 1. The molecule has 0 unspecified atom stereocenters. The predicted octanol–water partition coefficient (Wildman–Crippen LogP) is 6.42. The van der Waals surface area contributed by atoms with E-state index in [0.717, 1.165) is 5.56 Å². The summed E-state index contributed by atoms with van der Waals surface area (Å²) in [7, 11) is 0. The number of carbonyl (C=O) groups excluding carboxylic acids is 2. The first-order valence-electron chi connectivity index (χ1n) is 11.5. The van der Waals surface area contributed by atoms with Gasteiger partial charge in [0.15, 0.2) is 5.76 Å². The number of halogens is 1. The van der Waals surface area contributed by atoms with E-state index in [1.54, 1.807) is 48.5 Å². The normalized spacial score (nSPS) is 10.8. The third-order valence-electron chi connectivity index (χ3n) is 5.64. The molecule has 0 atom stereocenters. The van der Waals surface area contributed by atoms with Crippen molar-refractivity contribution in [3.63, 3.8) is 0 Å². The van der Waals surface area contributed by atoms with Gasteiger partial charge < -0.3 is 14.5 Å². The molecule has 184 valence electrons. The molecule has 2 heterocycles. The van der Waals surface area contributed by atoms with Crippen molar-refractivity contribution in [1.82, 2.24) is 9.78 Å². The van der Waals surface area contributed by atoms with E-state index < -0.39 is 11.8 Å². The maximum atomic E-state index is 14.2. The average molecular weight is 496 g/mol. The molecule has 2 aromatic heterocycles. The zero-order chi connectivity index (χ0) is 25.9. The minimum absolute atomic E-state index is 0.189. The van der Waals surface area contributed by atoms with Crippen LogP contribution in [0.25, 0.3) is 28.1 Å². The van der Waals surface area contributed by atoms with Gasteiger partial charge in [0.05, 0.1) is 17.5 Å². The number of benzene rings is 3. The standard InChI is InChI=1S/C29H22FN3O4/c1-18-8-14-24(15-9-18)33-29(37-19(2)34)26(27(32-33)21-5-3-6-22(30)17-21)20-10-12-23(13-11-20)31-28(35)25-7-4-16-36-25/h3-17H,1-2H3,(H,31,35). The smallest absolute Gasteiger partial charge is 0.309 e. The molecule has 0 saturated heterocycles. The number of anilines is 1. The Hall–Kier alpha value is -4.98. The number of amides is 1. The van der Waals surface area contributed by atoms with Gasteiger partial charge in [0.2, 0.25) is 5.88 Å². The summed E-state index contributed by atoms with van der Waals surface area (Å²) in [5.41, 5.74) is 4.39. The highest BCUT2D eigenvalue weighted by atomic mass is 19.1. The maximum Gasteiger partial charge on any atom is 0.309 e. The average Bonchev–Trinajstić information content (AvgIpc) is 3.54. The molecular weight excluding hydrogens is 473 g/mol. The van der Waals surface area contributed by atoms with Crippen LogP contribution in [-0.2, 0) is 4.79 Å². The van der Waals surface area contributed by atoms with E-state index in [-0.39, 0.29) is 17.5 Å². The lowest BCUT2D eigenvalue weighted by Gasteiger charge is -2.10. The summed E-state index contributed by atoms with van der Waals surface area (Å²) in [6.45, 7) is 3.28. The van der Waals surface area contributed by atoms with Gasteiger partial charge in [-0.05, 0) is 61.0 Å². The summed E-state index contributed by atoms with van der Waals surface area (Å²) < 4.78 is 26.5. The summed E-state index contributed by atoms with van der Waals surface area (Å²) in [6.07, 6.45) is 1.42. The molecule has 0 aliphatic rings. The Morgan fingerprint density at radius 2 is 1.70 bits per heavy atom. The molecule has 0 fully saturated rings. The van der Waals surface area contributed by atoms with E-state index in [2.05, 4.69) is 5.32 Å². The largest absolute Gasteiger partial charge is 0.459 e. The Balaban J connectivity index is 1.64. The lowest BCUT2D eigenvalue weighted by Crippen LogP contribution is -2.10. The lowest BCUT2D eigenvalue weighted by atomic mass is 10.0. The molecule has 7 nitrogen and oxygen atoms in total. The molecule has 0 aliphatic carbocycles. The first-order valence-corrected chi connectivity index (χ1v) is 11.5. The Kier molecular flexibility index (Phi) is 6.38. The van der Waals surface area contributed by atoms with Crippen LogP contribution in [-0.4, -0.2) is 21.7 Å². The highest BCUT2D eigenvalue weighted by Crippen LogP contribution is 2.41. The number of aromatic nitrogens is 2. The maximum absolute atomic E-state index is 14.2. The summed E-state index contributed by atoms with van der Waals surface area (Å²) in [5, 5.41) is 7.52. The number of hydrogen-bond donors (Lipinski definition) is 1. The SMILES string of the molecule is CC(=O)Oc1c(-c2ccc(NC(=O)c3ccco3)cc2)c(-c2cccc(F)c2)nn1-c1ccc(C)cc1. The first kappa shape index (κ1) is 23.7. The molecule has 0 bridgehead atoms. The number of esters is 1. The minimum atomic E-state index is -0.525. The molecule has 0 spiro atoms. The van der Waals surface area contributed by atoms with Crippen LogP contribution in [0.15, 0.2) is 95.6 Å². The van der Waals surface area contributed by atoms with Crippen LogP contribution in [0.1, 0.15) is 23.0 Å². The van der Waals surface area contributed by atoms with E-state index >= 15 is 0 Å². The van der Waals surface area contributed by atoms with Gasteiger partial charge in [-0.25, -0.2) is 4.39 Å². The molecule has 37 heavy (non-hydrogen) atoms. The fourth-order valence-corrected chi connectivity index (χ4v) is 3.91. The molecule has 1 amide bonds. The Labute approximate surface area is 212 Å². The van der Waals surface area contributed by atoms with Crippen LogP contribution in [0.3, 0.4) is 0 Å². The third-order valence-corrected chi connectivity index (χ3v) is 5.64. The van der Waals surface area contributed by atoms with Crippen LogP contribution >= 0.6 is 0 Å². The number of hydrogen-bond acceptors (Lipinski definition) is 5. The number of ether oxygens (including phenoxy) is 1. The Morgan fingerprint density at radius 1 is 0.946 bits per heavy atom. The molecule has 1 N–H and O–H groups in total. The van der Waals surface area contributed by atoms with Crippen molar-refractivity contribution in [1.29, 1.82) is 0 Å². The second kappa shape index (κ2) is 9.94.